The summed E-state index contributed by atoms with van der Waals surface area (Å²) < 4.78 is 0.949. The van der Waals surface area contributed by atoms with E-state index in [1.807, 2.05) is 31.2 Å². The van der Waals surface area contributed by atoms with Gasteiger partial charge in [-0.1, -0.05) is 35.0 Å². The van der Waals surface area contributed by atoms with Gasteiger partial charge in [0.2, 0.25) is 0 Å². The number of hydrogen-bond acceptors (Lipinski definition) is 4. The number of anilines is 1. The van der Waals surface area contributed by atoms with E-state index in [1.165, 1.54) is 11.3 Å². The van der Waals surface area contributed by atoms with E-state index in [2.05, 4.69) is 26.2 Å². The number of carbonyl (C=O) groups is 1. The van der Waals surface area contributed by atoms with Crippen molar-refractivity contribution in [2.45, 2.75) is 25.8 Å². The lowest BCUT2D eigenvalue weighted by Gasteiger charge is -2.23. The smallest absolute Gasteiger partial charge is 0.250 e. The summed E-state index contributed by atoms with van der Waals surface area (Å²) in [6, 6.07) is 7.41. The molecule has 6 heteroatoms. The Labute approximate surface area is 130 Å². The number of aromatic nitrogens is 1. The second kappa shape index (κ2) is 6.03. The van der Waals surface area contributed by atoms with E-state index in [0.29, 0.717) is 5.13 Å². The molecule has 4 nitrogen and oxygen atoms in total. The van der Waals surface area contributed by atoms with Crippen molar-refractivity contribution in [3.05, 3.63) is 45.4 Å². The van der Waals surface area contributed by atoms with Gasteiger partial charge in [0, 0.05) is 15.5 Å². The number of benzene rings is 1. The Morgan fingerprint density at radius 2 is 2.10 bits per heavy atom. The standard InChI is InChI=1S/C14H16BrN3OS/c1-3-11-8-17-13(20-11)18-12(19)14(2,16)9-4-6-10(15)7-5-9/h4-8H,3,16H2,1-2H3,(H,17,18,19). The Morgan fingerprint density at radius 3 is 2.65 bits per heavy atom. The van der Waals surface area contributed by atoms with E-state index in [1.54, 1.807) is 13.1 Å². The highest BCUT2D eigenvalue weighted by Crippen LogP contribution is 2.24. The van der Waals surface area contributed by atoms with Crippen molar-refractivity contribution >= 4 is 38.3 Å². The zero-order valence-electron chi connectivity index (χ0n) is 11.3. The zero-order chi connectivity index (χ0) is 14.8. The average Bonchev–Trinajstić information content (AvgIpc) is 2.87. The molecule has 3 N–H and O–H groups in total. The summed E-state index contributed by atoms with van der Waals surface area (Å²) in [5.74, 6) is -0.267. The molecule has 0 aliphatic heterocycles. The molecule has 0 fully saturated rings. The van der Waals surface area contributed by atoms with Gasteiger partial charge < -0.3 is 11.1 Å². The van der Waals surface area contributed by atoms with Gasteiger partial charge in [-0.25, -0.2) is 4.98 Å². The number of nitrogens with two attached hydrogens (primary N) is 1. The molecule has 106 valence electrons. The van der Waals surface area contributed by atoms with Crippen LogP contribution in [0.15, 0.2) is 34.9 Å². The van der Waals surface area contributed by atoms with Gasteiger partial charge in [-0.3, -0.25) is 4.79 Å². The molecule has 0 aliphatic rings. The van der Waals surface area contributed by atoms with E-state index >= 15 is 0 Å². The highest BCUT2D eigenvalue weighted by Gasteiger charge is 2.31. The molecule has 1 unspecified atom stereocenters. The van der Waals surface area contributed by atoms with Gasteiger partial charge in [-0.2, -0.15) is 0 Å². The predicted molar refractivity (Wildman–Crippen MR) is 85.8 cm³/mol. The lowest BCUT2D eigenvalue weighted by molar-refractivity contribution is -0.120. The number of nitrogens with one attached hydrogen (secondary N) is 1. The molecule has 1 atom stereocenters. The van der Waals surface area contributed by atoms with Crippen LogP contribution in [0.2, 0.25) is 0 Å². The van der Waals surface area contributed by atoms with E-state index < -0.39 is 5.54 Å². The van der Waals surface area contributed by atoms with Crippen molar-refractivity contribution in [2.24, 2.45) is 5.73 Å². The molecule has 0 saturated heterocycles. The van der Waals surface area contributed by atoms with Crippen molar-refractivity contribution in [3.63, 3.8) is 0 Å². The van der Waals surface area contributed by atoms with Crippen LogP contribution in [0.25, 0.3) is 0 Å². The minimum absolute atomic E-state index is 0.267. The second-order valence-corrected chi connectivity index (χ2v) is 6.68. The third kappa shape index (κ3) is 3.26. The first-order chi connectivity index (χ1) is 9.43. The quantitative estimate of drug-likeness (QED) is 0.885. The molecule has 1 aromatic carbocycles. The third-order valence-electron chi connectivity index (χ3n) is 3.04. The van der Waals surface area contributed by atoms with Gasteiger partial charge in [0.05, 0.1) is 0 Å². The summed E-state index contributed by atoms with van der Waals surface area (Å²) in [4.78, 5) is 17.6. The Morgan fingerprint density at radius 1 is 1.45 bits per heavy atom. The van der Waals surface area contributed by atoms with E-state index in [9.17, 15) is 4.79 Å². The van der Waals surface area contributed by atoms with E-state index in [-0.39, 0.29) is 5.91 Å². The van der Waals surface area contributed by atoms with E-state index in [0.717, 1.165) is 21.3 Å². The number of thiazole rings is 1. The number of halogens is 1. The molecule has 20 heavy (non-hydrogen) atoms. The zero-order valence-corrected chi connectivity index (χ0v) is 13.7. The fourth-order valence-electron chi connectivity index (χ4n) is 1.68. The van der Waals surface area contributed by atoms with Gasteiger partial charge in [0.25, 0.3) is 5.91 Å². The van der Waals surface area contributed by atoms with Crippen molar-refractivity contribution in [3.8, 4) is 0 Å². The van der Waals surface area contributed by atoms with Crippen LogP contribution in [0.3, 0.4) is 0 Å². The monoisotopic (exact) mass is 353 g/mol. The van der Waals surface area contributed by atoms with Gasteiger partial charge in [-0.15, -0.1) is 11.3 Å². The molecular weight excluding hydrogens is 338 g/mol. The predicted octanol–water partition coefficient (Wildman–Crippen LogP) is 3.28. The van der Waals surface area contributed by atoms with Crippen molar-refractivity contribution in [1.82, 2.24) is 4.98 Å². The molecule has 0 aliphatic carbocycles. The first kappa shape index (κ1) is 15.2. The molecule has 0 spiro atoms. The maximum absolute atomic E-state index is 12.3. The highest BCUT2D eigenvalue weighted by molar-refractivity contribution is 9.10. The fraction of sp³-hybridized carbons (Fsp3) is 0.286. The minimum Gasteiger partial charge on any atom is -0.314 e. The molecular formula is C14H16BrN3OS. The highest BCUT2D eigenvalue weighted by atomic mass is 79.9. The Balaban J connectivity index is 2.16. The molecule has 0 saturated carbocycles. The molecule has 0 bridgehead atoms. The normalized spacial score (nSPS) is 13.8. The van der Waals surface area contributed by atoms with Crippen LogP contribution < -0.4 is 11.1 Å². The summed E-state index contributed by atoms with van der Waals surface area (Å²) in [5, 5.41) is 3.37. The number of hydrogen-bond donors (Lipinski definition) is 2. The number of rotatable bonds is 4. The fourth-order valence-corrected chi connectivity index (χ4v) is 2.69. The largest absolute Gasteiger partial charge is 0.314 e. The van der Waals surface area contributed by atoms with Crippen LogP contribution >= 0.6 is 27.3 Å². The topological polar surface area (TPSA) is 68.0 Å². The maximum atomic E-state index is 12.3. The van der Waals surface area contributed by atoms with Gasteiger partial charge in [-0.05, 0) is 31.0 Å². The average molecular weight is 354 g/mol. The third-order valence-corrected chi connectivity index (χ3v) is 4.62. The summed E-state index contributed by atoms with van der Waals surface area (Å²) in [6.45, 7) is 3.74. The van der Waals surface area contributed by atoms with Crippen molar-refractivity contribution in [2.75, 3.05) is 5.32 Å². The van der Waals surface area contributed by atoms with Crippen molar-refractivity contribution in [1.29, 1.82) is 0 Å². The van der Waals surface area contributed by atoms with Crippen molar-refractivity contribution < 1.29 is 4.79 Å². The number of carbonyl (C=O) groups excluding carboxylic acids is 1. The molecule has 2 rings (SSSR count). The second-order valence-electron chi connectivity index (χ2n) is 4.65. The molecule has 1 amide bonds. The Hall–Kier alpha value is -1.24. The van der Waals surface area contributed by atoms with Gasteiger partial charge in [0.15, 0.2) is 5.13 Å². The van der Waals surface area contributed by atoms with Crippen LogP contribution in [-0.4, -0.2) is 10.9 Å². The van der Waals surface area contributed by atoms with E-state index in [4.69, 9.17) is 5.73 Å². The number of amides is 1. The number of aryl methyl sites for hydroxylation is 1. The van der Waals surface area contributed by atoms with Crippen LogP contribution in [0.5, 0.6) is 0 Å². The van der Waals surface area contributed by atoms with Crippen LogP contribution in [0.1, 0.15) is 24.3 Å². The lowest BCUT2D eigenvalue weighted by Crippen LogP contribution is -2.45. The lowest BCUT2D eigenvalue weighted by atomic mass is 9.92. The molecule has 2 aromatic rings. The summed E-state index contributed by atoms with van der Waals surface area (Å²) >= 11 is 4.83. The van der Waals surface area contributed by atoms with Crippen LogP contribution in [0, 0.1) is 0 Å². The first-order valence-corrected chi connectivity index (χ1v) is 7.85. The van der Waals surface area contributed by atoms with Crippen LogP contribution in [0.4, 0.5) is 5.13 Å². The summed E-state index contributed by atoms with van der Waals surface area (Å²) in [5.41, 5.74) is 5.82. The number of nitrogens with zero attached hydrogens (tertiary/aromatic N) is 1. The first-order valence-electron chi connectivity index (χ1n) is 6.24. The Kier molecular flexibility index (Phi) is 4.57. The maximum Gasteiger partial charge on any atom is 0.250 e. The Bertz CT molecular complexity index is 607. The molecule has 0 radical (unpaired) electrons. The summed E-state index contributed by atoms with van der Waals surface area (Å²) in [7, 11) is 0. The summed E-state index contributed by atoms with van der Waals surface area (Å²) in [6.07, 6.45) is 2.67. The molecule has 1 heterocycles. The van der Waals surface area contributed by atoms with Gasteiger partial charge >= 0.3 is 0 Å². The van der Waals surface area contributed by atoms with Gasteiger partial charge in [0.1, 0.15) is 5.54 Å². The van der Waals surface area contributed by atoms with Crippen LogP contribution in [-0.2, 0) is 16.8 Å². The SMILES string of the molecule is CCc1cnc(NC(=O)C(C)(N)c2ccc(Br)cc2)s1. The minimum atomic E-state index is -1.10. The molecule has 1 aromatic heterocycles.